The number of anilines is 2. The molecule has 1 amide bonds. The van der Waals surface area contributed by atoms with Crippen LogP contribution in [0.25, 0.3) is 17.0 Å². The van der Waals surface area contributed by atoms with Crippen molar-refractivity contribution in [3.8, 4) is 11.4 Å². The molecule has 4 aromatic rings. The van der Waals surface area contributed by atoms with Gasteiger partial charge in [-0.05, 0) is 30.7 Å². The van der Waals surface area contributed by atoms with Crippen LogP contribution in [0, 0.1) is 13.8 Å². The molecule has 0 unspecified atom stereocenters. The van der Waals surface area contributed by atoms with Crippen molar-refractivity contribution in [3.05, 3.63) is 59.9 Å². The quantitative estimate of drug-likeness (QED) is 0.589. The average Bonchev–Trinajstić information content (AvgIpc) is 3.22. The summed E-state index contributed by atoms with van der Waals surface area (Å²) in [5.41, 5.74) is 9.74. The van der Waals surface area contributed by atoms with Gasteiger partial charge in [0.25, 0.3) is 5.91 Å². The molecular formula is C18H16N6O2. The third-order valence-electron chi connectivity index (χ3n) is 4.03. The van der Waals surface area contributed by atoms with E-state index in [9.17, 15) is 4.79 Å². The highest BCUT2D eigenvalue weighted by atomic mass is 16.5. The first kappa shape index (κ1) is 15.8. The molecule has 0 spiro atoms. The fourth-order valence-corrected chi connectivity index (χ4v) is 2.66. The second kappa shape index (κ2) is 5.99. The minimum Gasteiger partial charge on any atom is -0.398 e. The largest absolute Gasteiger partial charge is 0.398 e. The highest BCUT2D eigenvalue weighted by molar-refractivity contribution is 6.04. The lowest BCUT2D eigenvalue weighted by Gasteiger charge is -2.09. The summed E-state index contributed by atoms with van der Waals surface area (Å²) in [5, 5.41) is 6.82. The smallest absolute Gasteiger partial charge is 0.274 e. The molecule has 3 heterocycles. The topological polar surface area (TPSA) is 111 Å². The molecule has 8 nitrogen and oxygen atoms in total. The molecule has 0 atom stereocenters. The summed E-state index contributed by atoms with van der Waals surface area (Å²) in [6, 6.07) is 9.09. The van der Waals surface area contributed by atoms with Crippen molar-refractivity contribution in [2.75, 3.05) is 11.1 Å². The number of fused-ring (bicyclic) bond motifs is 1. The number of imidazole rings is 1. The van der Waals surface area contributed by atoms with Gasteiger partial charge in [0.1, 0.15) is 11.3 Å². The fraction of sp³-hybridized carbons (Fsp3) is 0.111. The number of pyridine rings is 1. The summed E-state index contributed by atoms with van der Waals surface area (Å²) in [6.07, 6.45) is 3.19. The van der Waals surface area contributed by atoms with Gasteiger partial charge in [-0.15, -0.1) is 0 Å². The maximum absolute atomic E-state index is 12.7. The van der Waals surface area contributed by atoms with Gasteiger partial charge in [0.05, 0.1) is 6.20 Å². The molecule has 3 aromatic heterocycles. The number of rotatable bonds is 3. The van der Waals surface area contributed by atoms with E-state index < -0.39 is 0 Å². The number of carbonyl (C=O) groups is 1. The SMILES string of the molecule is Cc1nc(-c2ccc(C)c(NC(=O)c3cnc4ccc(N)cn34)c2)no1. The lowest BCUT2D eigenvalue weighted by Crippen LogP contribution is -2.15. The minimum absolute atomic E-state index is 0.285. The Morgan fingerprint density at radius 2 is 2.08 bits per heavy atom. The number of hydrogen-bond acceptors (Lipinski definition) is 6. The van der Waals surface area contributed by atoms with Gasteiger partial charge < -0.3 is 15.6 Å². The Bertz CT molecular complexity index is 1130. The summed E-state index contributed by atoms with van der Waals surface area (Å²) < 4.78 is 6.68. The zero-order valence-electron chi connectivity index (χ0n) is 14.2. The van der Waals surface area contributed by atoms with Crippen LogP contribution in [-0.2, 0) is 0 Å². The van der Waals surface area contributed by atoms with Crippen molar-refractivity contribution < 1.29 is 9.32 Å². The van der Waals surface area contributed by atoms with Crippen molar-refractivity contribution in [1.82, 2.24) is 19.5 Å². The standard InChI is InChI=1S/C18H16N6O2/c1-10-3-4-12(17-21-11(2)26-23-17)7-14(10)22-18(25)15-8-20-16-6-5-13(19)9-24(15)16/h3-9H,19H2,1-2H3,(H,22,25). The molecular weight excluding hydrogens is 332 g/mol. The molecule has 0 saturated heterocycles. The Morgan fingerprint density at radius 1 is 1.23 bits per heavy atom. The van der Waals surface area contributed by atoms with Gasteiger partial charge in [-0.25, -0.2) is 4.98 Å². The highest BCUT2D eigenvalue weighted by Crippen LogP contribution is 2.24. The Balaban J connectivity index is 1.67. The maximum Gasteiger partial charge on any atom is 0.274 e. The summed E-state index contributed by atoms with van der Waals surface area (Å²) >= 11 is 0. The van der Waals surface area contributed by atoms with Gasteiger partial charge in [-0.2, -0.15) is 4.98 Å². The van der Waals surface area contributed by atoms with E-state index in [1.54, 1.807) is 29.7 Å². The van der Waals surface area contributed by atoms with Gasteiger partial charge in [0.2, 0.25) is 11.7 Å². The number of amides is 1. The molecule has 0 saturated carbocycles. The lowest BCUT2D eigenvalue weighted by molar-refractivity contribution is 0.102. The molecule has 0 fully saturated rings. The van der Waals surface area contributed by atoms with E-state index in [0.29, 0.717) is 34.4 Å². The first-order valence-electron chi connectivity index (χ1n) is 7.96. The summed E-state index contributed by atoms with van der Waals surface area (Å²) in [7, 11) is 0. The van der Waals surface area contributed by atoms with Crippen molar-refractivity contribution in [3.63, 3.8) is 0 Å². The van der Waals surface area contributed by atoms with Crippen LogP contribution in [0.4, 0.5) is 11.4 Å². The Morgan fingerprint density at radius 3 is 2.85 bits per heavy atom. The van der Waals surface area contributed by atoms with Crippen molar-refractivity contribution in [2.45, 2.75) is 13.8 Å². The number of nitrogen functional groups attached to an aromatic ring is 1. The third-order valence-corrected chi connectivity index (χ3v) is 4.03. The molecule has 8 heteroatoms. The third kappa shape index (κ3) is 2.77. The summed E-state index contributed by atoms with van der Waals surface area (Å²) in [4.78, 5) is 21.2. The fourth-order valence-electron chi connectivity index (χ4n) is 2.66. The number of nitrogens with zero attached hydrogens (tertiary/aromatic N) is 4. The molecule has 4 rings (SSSR count). The van der Waals surface area contributed by atoms with Crippen LogP contribution >= 0.6 is 0 Å². The number of carbonyl (C=O) groups excluding carboxylic acids is 1. The summed E-state index contributed by atoms with van der Waals surface area (Å²) in [6.45, 7) is 3.64. The normalized spacial score (nSPS) is 11.0. The van der Waals surface area contributed by atoms with Gasteiger partial charge in [-0.1, -0.05) is 17.3 Å². The number of aromatic nitrogens is 4. The molecule has 0 radical (unpaired) electrons. The van der Waals surface area contributed by atoms with E-state index in [-0.39, 0.29) is 5.91 Å². The molecule has 1 aromatic carbocycles. The Hall–Kier alpha value is -3.68. The molecule has 0 aliphatic rings. The predicted molar refractivity (Wildman–Crippen MR) is 96.8 cm³/mol. The summed E-state index contributed by atoms with van der Waals surface area (Å²) in [5.74, 6) is 0.669. The monoisotopic (exact) mass is 348 g/mol. The van der Waals surface area contributed by atoms with Gasteiger partial charge in [0, 0.05) is 30.1 Å². The van der Waals surface area contributed by atoms with Gasteiger partial charge in [-0.3, -0.25) is 9.20 Å². The Labute approximate surface area is 148 Å². The first-order chi connectivity index (χ1) is 12.5. The zero-order chi connectivity index (χ0) is 18.3. The van der Waals surface area contributed by atoms with Crippen molar-refractivity contribution in [1.29, 1.82) is 0 Å². The van der Waals surface area contributed by atoms with E-state index in [0.717, 1.165) is 11.1 Å². The van der Waals surface area contributed by atoms with E-state index in [4.69, 9.17) is 10.3 Å². The van der Waals surface area contributed by atoms with Crippen LogP contribution in [0.3, 0.4) is 0 Å². The second-order valence-electron chi connectivity index (χ2n) is 5.95. The van der Waals surface area contributed by atoms with Crippen LogP contribution in [0.2, 0.25) is 0 Å². The molecule has 130 valence electrons. The number of aryl methyl sites for hydroxylation is 2. The maximum atomic E-state index is 12.7. The first-order valence-corrected chi connectivity index (χ1v) is 7.96. The number of benzene rings is 1. The van der Waals surface area contributed by atoms with Crippen molar-refractivity contribution >= 4 is 22.9 Å². The van der Waals surface area contributed by atoms with Crippen LogP contribution in [0.1, 0.15) is 21.9 Å². The number of nitrogens with two attached hydrogens (primary N) is 1. The molecule has 3 N–H and O–H groups in total. The minimum atomic E-state index is -0.285. The highest BCUT2D eigenvalue weighted by Gasteiger charge is 2.15. The van der Waals surface area contributed by atoms with Crippen LogP contribution in [0.5, 0.6) is 0 Å². The Kier molecular flexibility index (Phi) is 3.65. The van der Waals surface area contributed by atoms with Gasteiger partial charge >= 0.3 is 0 Å². The van der Waals surface area contributed by atoms with E-state index >= 15 is 0 Å². The van der Waals surface area contributed by atoms with E-state index in [1.165, 1.54) is 6.20 Å². The average molecular weight is 348 g/mol. The van der Waals surface area contributed by atoms with Crippen LogP contribution < -0.4 is 11.1 Å². The van der Waals surface area contributed by atoms with Crippen LogP contribution in [0.15, 0.2) is 47.2 Å². The molecule has 0 aliphatic carbocycles. The number of nitrogens with one attached hydrogen (secondary N) is 1. The van der Waals surface area contributed by atoms with E-state index in [2.05, 4.69) is 20.4 Å². The van der Waals surface area contributed by atoms with Gasteiger partial charge in [0.15, 0.2) is 0 Å². The number of hydrogen-bond donors (Lipinski definition) is 2. The lowest BCUT2D eigenvalue weighted by atomic mass is 10.1. The molecule has 0 bridgehead atoms. The molecule has 0 aliphatic heterocycles. The van der Waals surface area contributed by atoms with Crippen LogP contribution in [-0.4, -0.2) is 25.4 Å². The molecule has 26 heavy (non-hydrogen) atoms. The predicted octanol–water partition coefficient (Wildman–Crippen LogP) is 2.84. The van der Waals surface area contributed by atoms with E-state index in [1.807, 2.05) is 25.1 Å². The van der Waals surface area contributed by atoms with Crippen molar-refractivity contribution in [2.24, 2.45) is 0 Å². The zero-order valence-corrected chi connectivity index (χ0v) is 14.2. The second-order valence-corrected chi connectivity index (χ2v) is 5.95.